The summed E-state index contributed by atoms with van der Waals surface area (Å²) in [5.41, 5.74) is 3.63. The van der Waals surface area contributed by atoms with Crippen molar-refractivity contribution in [3.8, 4) is 0 Å². The number of aliphatic imine (C=N–C) groups is 1. The number of hydrogen-bond acceptors (Lipinski definition) is 9. The number of fused-ring (bicyclic) bond motifs is 3. The molecule has 10 nitrogen and oxygen atoms in total. The van der Waals surface area contributed by atoms with E-state index in [0.717, 1.165) is 53.7 Å². The van der Waals surface area contributed by atoms with E-state index in [0.29, 0.717) is 24.7 Å². The number of halogens is 1. The van der Waals surface area contributed by atoms with Gasteiger partial charge in [0.2, 0.25) is 5.91 Å². The lowest BCUT2D eigenvalue weighted by molar-refractivity contribution is -0.121. The van der Waals surface area contributed by atoms with Crippen LogP contribution >= 0.6 is 22.9 Å². The third-order valence-corrected chi connectivity index (χ3v) is 9.78. The summed E-state index contributed by atoms with van der Waals surface area (Å²) in [6.45, 7) is 16.4. The molecule has 0 bridgehead atoms. The van der Waals surface area contributed by atoms with Gasteiger partial charge in [-0.05, 0) is 72.2 Å². The number of aryl methyl sites for hydroxylation is 1. The number of nitrogens with zero attached hydrogens (tertiary/aromatic N) is 6. The van der Waals surface area contributed by atoms with Crippen molar-refractivity contribution in [1.29, 1.82) is 0 Å². The first-order valence-electron chi connectivity index (χ1n) is 15.3. The highest BCUT2D eigenvalue weighted by atomic mass is 35.5. The first kappa shape index (κ1) is 32.2. The number of anilines is 1. The van der Waals surface area contributed by atoms with E-state index >= 15 is 0 Å². The second kappa shape index (κ2) is 13.1. The Labute approximate surface area is 269 Å². The van der Waals surface area contributed by atoms with E-state index in [1.807, 2.05) is 57.1 Å². The summed E-state index contributed by atoms with van der Waals surface area (Å²) in [4.78, 5) is 38.5. The Bertz CT molecular complexity index is 1440. The van der Waals surface area contributed by atoms with Gasteiger partial charge in [-0.3, -0.25) is 24.6 Å². The number of benzene rings is 1. The quantitative estimate of drug-likeness (QED) is 0.423. The van der Waals surface area contributed by atoms with Gasteiger partial charge < -0.3 is 15.0 Å². The van der Waals surface area contributed by atoms with Gasteiger partial charge in [0.25, 0.3) is 0 Å². The predicted molar refractivity (Wildman–Crippen MR) is 178 cm³/mol. The highest BCUT2D eigenvalue weighted by molar-refractivity contribution is 7.17. The molecule has 1 N–H and O–H groups in total. The molecule has 1 aromatic heterocycles. The van der Waals surface area contributed by atoms with Gasteiger partial charge in [-0.25, -0.2) is 4.79 Å². The number of carbonyl (C=O) groups is 2. The van der Waals surface area contributed by atoms with Crippen molar-refractivity contribution in [2.24, 2.45) is 10.1 Å². The van der Waals surface area contributed by atoms with Crippen LogP contribution in [0.3, 0.4) is 0 Å². The van der Waals surface area contributed by atoms with Crippen molar-refractivity contribution in [3.63, 3.8) is 0 Å². The molecule has 4 heterocycles. The number of hydrogen-bond donors (Lipinski definition) is 1. The molecule has 1 fully saturated rings. The molecule has 3 aliphatic rings. The molecular formula is C32H44ClN7O3S. The average molecular weight is 642 g/mol. The summed E-state index contributed by atoms with van der Waals surface area (Å²) >= 11 is 7.98. The maximum Gasteiger partial charge on any atom is 0.410 e. The molecule has 0 spiro atoms. The van der Waals surface area contributed by atoms with Gasteiger partial charge in [-0.2, -0.15) is 5.10 Å². The van der Waals surface area contributed by atoms with Crippen LogP contribution in [-0.4, -0.2) is 102 Å². The van der Waals surface area contributed by atoms with E-state index in [4.69, 9.17) is 26.4 Å². The van der Waals surface area contributed by atoms with Crippen LogP contribution in [0, 0.1) is 13.8 Å². The maximum absolute atomic E-state index is 13.3. The van der Waals surface area contributed by atoms with Gasteiger partial charge in [0.05, 0.1) is 12.1 Å². The predicted octanol–water partition coefficient (Wildman–Crippen LogP) is 5.10. The number of hydrazone groups is 1. The third kappa shape index (κ3) is 7.05. The molecule has 0 radical (unpaired) electrons. The Hall–Kier alpha value is -3.15. The molecule has 238 valence electrons. The van der Waals surface area contributed by atoms with Crippen LogP contribution in [0.4, 0.5) is 9.80 Å². The lowest BCUT2D eigenvalue weighted by Gasteiger charge is -2.35. The minimum absolute atomic E-state index is 0.00214. The van der Waals surface area contributed by atoms with Crippen molar-refractivity contribution in [1.82, 2.24) is 20.1 Å². The Morgan fingerprint density at radius 3 is 2.45 bits per heavy atom. The standard InChI is InChI=1S/C32H44ClN7O3S/c1-20-21(2)44-30-27(20)28(23-9-11-24(33)12-10-23)35-25(29-36-37(7)22(3)40(29)30)19-26(41)34-13-8-14-38-15-17-39(18-16-38)31(42)43-32(4,5)6/h9-12,22,25H,8,13-19H2,1-7H3,(H,34,41). The molecule has 2 amide bonds. The van der Waals surface area contributed by atoms with Crippen LogP contribution in [0.25, 0.3) is 0 Å². The molecule has 0 saturated carbocycles. The maximum atomic E-state index is 13.3. The Kier molecular flexibility index (Phi) is 9.58. The second-order valence-corrected chi connectivity index (χ2v) is 14.4. The number of piperazine rings is 1. The molecule has 5 rings (SSSR count). The first-order valence-corrected chi connectivity index (χ1v) is 16.5. The first-order chi connectivity index (χ1) is 20.8. The SMILES string of the molecule is Cc1sc2c(c1C)C(c1ccc(Cl)cc1)=NC(CC(=O)NCCCN1CCN(C(=O)OC(C)(C)C)CC1)C1=NN(C)C(C)N12. The zero-order chi connectivity index (χ0) is 31.8. The van der Waals surface area contributed by atoms with Gasteiger partial charge in [0.1, 0.15) is 22.8 Å². The number of carbonyl (C=O) groups excluding carboxylic acids is 2. The van der Waals surface area contributed by atoms with Crippen LogP contribution in [0.5, 0.6) is 0 Å². The molecule has 44 heavy (non-hydrogen) atoms. The summed E-state index contributed by atoms with van der Waals surface area (Å²) in [6.07, 6.45) is 0.776. The largest absolute Gasteiger partial charge is 0.444 e. The van der Waals surface area contributed by atoms with Gasteiger partial charge in [-0.1, -0.05) is 23.7 Å². The number of thiophene rings is 1. The van der Waals surface area contributed by atoms with Crippen LogP contribution in [0.1, 0.15) is 62.1 Å². The fourth-order valence-corrected chi connectivity index (χ4v) is 7.08. The average Bonchev–Trinajstić information content (AvgIpc) is 3.37. The van der Waals surface area contributed by atoms with Crippen LogP contribution in [0.2, 0.25) is 5.02 Å². The van der Waals surface area contributed by atoms with Crippen LogP contribution in [0.15, 0.2) is 34.4 Å². The van der Waals surface area contributed by atoms with Crippen LogP contribution in [-0.2, 0) is 9.53 Å². The number of amides is 2. The lowest BCUT2D eigenvalue weighted by Crippen LogP contribution is -2.50. The van der Waals surface area contributed by atoms with E-state index in [2.05, 4.69) is 35.9 Å². The molecule has 12 heteroatoms. The lowest BCUT2D eigenvalue weighted by atomic mass is 9.99. The molecule has 3 aliphatic heterocycles. The molecule has 1 saturated heterocycles. The van der Waals surface area contributed by atoms with Gasteiger partial charge in [0, 0.05) is 60.8 Å². The Morgan fingerprint density at radius 2 is 1.80 bits per heavy atom. The number of rotatable bonds is 7. The molecule has 0 aliphatic carbocycles. The molecular weight excluding hydrogens is 598 g/mol. The fourth-order valence-electron chi connectivity index (χ4n) is 5.71. The topological polar surface area (TPSA) is 93.1 Å². The summed E-state index contributed by atoms with van der Waals surface area (Å²) in [6, 6.07) is 7.32. The van der Waals surface area contributed by atoms with E-state index in [1.54, 1.807) is 16.2 Å². The van der Waals surface area contributed by atoms with E-state index in [-0.39, 0.29) is 24.6 Å². The fraction of sp³-hybridized carbons (Fsp3) is 0.562. The zero-order valence-electron chi connectivity index (χ0n) is 26.8. The van der Waals surface area contributed by atoms with E-state index < -0.39 is 11.6 Å². The summed E-state index contributed by atoms with van der Waals surface area (Å²) < 4.78 is 5.50. The third-order valence-electron chi connectivity index (χ3n) is 8.32. The minimum atomic E-state index is -0.493. The Balaban J connectivity index is 1.24. The summed E-state index contributed by atoms with van der Waals surface area (Å²) in [5.74, 6) is 0.747. The van der Waals surface area contributed by atoms with Gasteiger partial charge >= 0.3 is 6.09 Å². The number of nitrogens with one attached hydrogen (secondary N) is 1. The number of amidine groups is 1. The smallest absolute Gasteiger partial charge is 0.410 e. The van der Waals surface area contributed by atoms with Crippen molar-refractivity contribution in [3.05, 3.63) is 50.9 Å². The normalized spacial score (nSPS) is 20.5. The van der Waals surface area contributed by atoms with Gasteiger partial charge in [0.15, 0.2) is 5.84 Å². The molecule has 1 aromatic carbocycles. The Morgan fingerprint density at radius 1 is 1.11 bits per heavy atom. The van der Waals surface area contributed by atoms with E-state index in [1.165, 1.54) is 10.4 Å². The van der Waals surface area contributed by atoms with Crippen molar-refractivity contribution >= 4 is 51.5 Å². The summed E-state index contributed by atoms with van der Waals surface area (Å²) in [7, 11) is 1.97. The second-order valence-electron chi connectivity index (χ2n) is 12.7. The zero-order valence-corrected chi connectivity index (χ0v) is 28.4. The monoisotopic (exact) mass is 641 g/mol. The van der Waals surface area contributed by atoms with Crippen molar-refractivity contribution in [2.75, 3.05) is 51.2 Å². The minimum Gasteiger partial charge on any atom is -0.444 e. The van der Waals surface area contributed by atoms with Crippen molar-refractivity contribution < 1.29 is 14.3 Å². The molecule has 2 atom stereocenters. The van der Waals surface area contributed by atoms with Gasteiger partial charge in [-0.15, -0.1) is 11.3 Å². The number of ether oxygens (including phenoxy) is 1. The highest BCUT2D eigenvalue weighted by Gasteiger charge is 2.41. The highest BCUT2D eigenvalue weighted by Crippen LogP contribution is 2.42. The summed E-state index contributed by atoms with van der Waals surface area (Å²) in [5, 5.41) is 11.7. The molecule has 2 unspecified atom stereocenters. The van der Waals surface area contributed by atoms with E-state index in [9.17, 15) is 9.59 Å². The van der Waals surface area contributed by atoms with Crippen LogP contribution < -0.4 is 10.2 Å². The molecule has 2 aromatic rings. The van der Waals surface area contributed by atoms with Crippen molar-refractivity contribution in [2.45, 2.75) is 72.2 Å².